The minimum Gasteiger partial charge on any atom is -0.376 e. The molecule has 80 valence electrons. The summed E-state index contributed by atoms with van der Waals surface area (Å²) in [7, 11) is 0. The van der Waals surface area contributed by atoms with E-state index in [4.69, 9.17) is 27.9 Å². The first kappa shape index (κ1) is 14.3. The zero-order valence-electron chi connectivity index (χ0n) is 7.94. The van der Waals surface area contributed by atoms with Crippen molar-refractivity contribution in [3.8, 4) is 0 Å². The molecule has 0 N–H and O–H groups in total. The summed E-state index contributed by atoms with van der Waals surface area (Å²) in [5, 5.41) is 0. The zero-order chi connectivity index (χ0) is 10.1. The van der Waals surface area contributed by atoms with Gasteiger partial charge in [0.2, 0.25) is 0 Å². The molecule has 0 spiro atoms. The van der Waals surface area contributed by atoms with Crippen molar-refractivity contribution in [3.05, 3.63) is 0 Å². The summed E-state index contributed by atoms with van der Waals surface area (Å²) >= 11 is 13.8. The Labute approximate surface area is 105 Å². The van der Waals surface area contributed by atoms with E-state index in [2.05, 4.69) is 29.5 Å². The molecule has 0 bridgehead atoms. The van der Waals surface area contributed by atoms with Gasteiger partial charge >= 0.3 is 0 Å². The highest BCUT2D eigenvalue weighted by Crippen LogP contribution is 2.14. The predicted octanol–water partition coefficient (Wildman–Crippen LogP) is 3.84. The van der Waals surface area contributed by atoms with Crippen molar-refractivity contribution in [1.82, 2.24) is 0 Å². The monoisotopic (exact) mass is 338 g/mol. The van der Waals surface area contributed by atoms with Gasteiger partial charge in [-0.05, 0) is 6.42 Å². The largest absolute Gasteiger partial charge is 0.376 e. The normalized spacial score (nSPS) is 15.7. The van der Waals surface area contributed by atoms with E-state index in [1.807, 2.05) is 0 Å². The molecule has 2 atom stereocenters. The van der Waals surface area contributed by atoms with Crippen LogP contribution < -0.4 is 0 Å². The lowest BCUT2D eigenvalue weighted by molar-refractivity contribution is 0.0701. The molecule has 0 saturated carbocycles. The maximum absolute atomic E-state index is 5.77. The third-order valence-electron chi connectivity index (χ3n) is 1.78. The maximum atomic E-state index is 5.77. The van der Waals surface area contributed by atoms with Crippen LogP contribution in [0.3, 0.4) is 0 Å². The van der Waals surface area contributed by atoms with Crippen LogP contribution in [0.1, 0.15) is 26.2 Å². The highest BCUT2D eigenvalue weighted by atomic mass is 127. The summed E-state index contributed by atoms with van der Waals surface area (Å²) in [5.41, 5.74) is 0. The summed E-state index contributed by atoms with van der Waals surface area (Å²) in [5.74, 6) is 1.14. The Kier molecular flexibility index (Phi) is 10.8. The number of ether oxygens (including phenoxy) is 1. The molecule has 0 rings (SSSR count). The first-order chi connectivity index (χ1) is 6.26. The molecule has 0 aromatic rings. The van der Waals surface area contributed by atoms with Gasteiger partial charge in [-0.25, -0.2) is 0 Å². The van der Waals surface area contributed by atoms with Gasteiger partial charge in [0.1, 0.15) is 0 Å². The Morgan fingerprint density at radius 3 is 2.38 bits per heavy atom. The van der Waals surface area contributed by atoms with Crippen LogP contribution >= 0.6 is 45.8 Å². The van der Waals surface area contributed by atoms with Crippen LogP contribution in [0.2, 0.25) is 0 Å². The van der Waals surface area contributed by atoms with E-state index in [0.717, 1.165) is 13.0 Å². The Balaban J connectivity index is 3.47. The number of hydrogen-bond acceptors (Lipinski definition) is 1. The number of hydrogen-bond donors (Lipinski definition) is 0. The van der Waals surface area contributed by atoms with Gasteiger partial charge in [-0.2, -0.15) is 0 Å². The fourth-order valence-electron chi connectivity index (χ4n) is 0.932. The fraction of sp³-hybridized carbons (Fsp3) is 1.00. The van der Waals surface area contributed by atoms with Gasteiger partial charge < -0.3 is 4.74 Å². The molecular formula is C9H17Cl2IO. The van der Waals surface area contributed by atoms with E-state index >= 15 is 0 Å². The highest BCUT2D eigenvalue weighted by molar-refractivity contribution is 14.1. The van der Waals surface area contributed by atoms with E-state index in [-0.39, 0.29) is 6.10 Å². The minimum absolute atomic E-state index is 0.108. The minimum atomic E-state index is 0.108. The molecule has 0 aliphatic rings. The van der Waals surface area contributed by atoms with E-state index in [1.165, 1.54) is 12.8 Å². The lowest BCUT2D eigenvalue weighted by Crippen LogP contribution is -2.27. The van der Waals surface area contributed by atoms with E-state index in [0.29, 0.717) is 15.7 Å². The molecule has 0 aromatic carbocycles. The summed E-state index contributed by atoms with van der Waals surface area (Å²) in [6.45, 7) is 2.99. The zero-order valence-corrected chi connectivity index (χ0v) is 11.6. The first-order valence-electron chi connectivity index (χ1n) is 4.63. The lowest BCUT2D eigenvalue weighted by Gasteiger charge is -2.18. The summed E-state index contributed by atoms with van der Waals surface area (Å²) in [4.78, 5) is 0. The van der Waals surface area contributed by atoms with Gasteiger partial charge in [-0.1, -0.05) is 42.4 Å². The molecule has 0 saturated heterocycles. The second-order valence-corrected chi connectivity index (χ2v) is 5.16. The standard InChI is InChI=1S/C9H17Cl2IO/c1-2-3-4-5-13-9(7-11)8(12)6-10/h8-9H,2-7H2,1H3. The van der Waals surface area contributed by atoms with Gasteiger partial charge in [0.25, 0.3) is 0 Å². The SMILES string of the molecule is CCCCCOC(CCl)C(I)CCl. The van der Waals surface area contributed by atoms with Gasteiger partial charge in [0, 0.05) is 18.4 Å². The average molecular weight is 339 g/mol. The lowest BCUT2D eigenvalue weighted by atomic mass is 10.2. The quantitative estimate of drug-likeness (QED) is 0.371. The summed E-state index contributed by atoms with van der Waals surface area (Å²) < 4.78 is 5.94. The molecule has 0 aliphatic heterocycles. The van der Waals surface area contributed by atoms with Crippen LogP contribution in [0, 0.1) is 0 Å². The van der Waals surface area contributed by atoms with E-state index < -0.39 is 0 Å². The van der Waals surface area contributed by atoms with Crippen LogP contribution in [-0.2, 0) is 4.74 Å². The van der Waals surface area contributed by atoms with Gasteiger partial charge in [0.15, 0.2) is 0 Å². The molecule has 0 radical (unpaired) electrons. The first-order valence-corrected chi connectivity index (χ1v) is 6.95. The fourth-order valence-corrected chi connectivity index (χ4v) is 2.20. The van der Waals surface area contributed by atoms with Crippen molar-refractivity contribution in [1.29, 1.82) is 0 Å². The van der Waals surface area contributed by atoms with Crippen molar-refractivity contribution in [2.75, 3.05) is 18.4 Å². The van der Waals surface area contributed by atoms with E-state index in [9.17, 15) is 0 Å². The van der Waals surface area contributed by atoms with Crippen LogP contribution in [0.5, 0.6) is 0 Å². The van der Waals surface area contributed by atoms with Gasteiger partial charge in [-0.15, -0.1) is 23.2 Å². The van der Waals surface area contributed by atoms with Gasteiger partial charge in [-0.3, -0.25) is 0 Å². The molecule has 0 heterocycles. The van der Waals surface area contributed by atoms with Crippen molar-refractivity contribution in [2.45, 2.75) is 36.2 Å². The summed E-state index contributed by atoms with van der Waals surface area (Å²) in [6.07, 6.45) is 3.67. The topological polar surface area (TPSA) is 9.23 Å². The van der Waals surface area contributed by atoms with Crippen LogP contribution in [0.25, 0.3) is 0 Å². The van der Waals surface area contributed by atoms with Crippen molar-refractivity contribution >= 4 is 45.8 Å². The molecule has 0 aliphatic carbocycles. The van der Waals surface area contributed by atoms with E-state index in [1.54, 1.807) is 0 Å². The molecular weight excluding hydrogens is 322 g/mol. The van der Waals surface area contributed by atoms with Crippen molar-refractivity contribution in [3.63, 3.8) is 0 Å². The maximum Gasteiger partial charge on any atom is 0.0839 e. The Morgan fingerprint density at radius 2 is 1.92 bits per heavy atom. The summed E-state index contributed by atoms with van der Waals surface area (Å²) in [6, 6.07) is 0. The van der Waals surface area contributed by atoms with Crippen LogP contribution in [0.4, 0.5) is 0 Å². The molecule has 4 heteroatoms. The van der Waals surface area contributed by atoms with Crippen molar-refractivity contribution in [2.24, 2.45) is 0 Å². The third kappa shape index (κ3) is 7.23. The number of rotatable bonds is 8. The number of halogens is 3. The number of unbranched alkanes of at least 4 members (excludes halogenated alkanes) is 2. The second-order valence-electron chi connectivity index (χ2n) is 2.94. The van der Waals surface area contributed by atoms with Crippen LogP contribution in [-0.4, -0.2) is 28.4 Å². The Hall–Kier alpha value is 1.27. The Morgan fingerprint density at radius 1 is 1.23 bits per heavy atom. The van der Waals surface area contributed by atoms with Crippen molar-refractivity contribution < 1.29 is 4.74 Å². The van der Waals surface area contributed by atoms with Gasteiger partial charge in [0.05, 0.1) is 10.0 Å². The molecule has 2 unspecified atom stereocenters. The highest BCUT2D eigenvalue weighted by Gasteiger charge is 2.16. The third-order valence-corrected chi connectivity index (χ3v) is 4.18. The molecule has 0 fully saturated rings. The Bertz CT molecular complexity index is 114. The molecule has 0 amide bonds. The average Bonchev–Trinajstić information content (AvgIpc) is 2.17. The van der Waals surface area contributed by atoms with Crippen LogP contribution in [0.15, 0.2) is 0 Å². The smallest absolute Gasteiger partial charge is 0.0839 e. The molecule has 13 heavy (non-hydrogen) atoms. The number of alkyl halides is 3. The second kappa shape index (κ2) is 9.81. The molecule has 0 aromatic heterocycles. The molecule has 1 nitrogen and oxygen atoms in total. The predicted molar refractivity (Wildman–Crippen MR) is 68.5 cm³/mol.